The summed E-state index contributed by atoms with van der Waals surface area (Å²) in [7, 11) is 2.00. The lowest BCUT2D eigenvalue weighted by Gasteiger charge is -2.26. The molecule has 0 fully saturated rings. The van der Waals surface area contributed by atoms with Crippen LogP contribution in [0.2, 0.25) is 0 Å². The van der Waals surface area contributed by atoms with Crippen LogP contribution in [0, 0.1) is 0 Å². The van der Waals surface area contributed by atoms with E-state index in [2.05, 4.69) is 55.3 Å². The topological polar surface area (TPSA) is 35.5 Å². The van der Waals surface area contributed by atoms with Gasteiger partial charge < -0.3 is 15.3 Å². The van der Waals surface area contributed by atoms with Crippen molar-refractivity contribution < 1.29 is 5.11 Å². The molecule has 102 valence electrons. The highest BCUT2D eigenvalue weighted by Gasteiger charge is 2.10. The van der Waals surface area contributed by atoms with E-state index in [0.717, 1.165) is 12.2 Å². The first-order chi connectivity index (χ1) is 8.33. The zero-order chi connectivity index (χ0) is 13.8. The molecule has 1 aromatic carbocycles. The van der Waals surface area contributed by atoms with Gasteiger partial charge in [0.15, 0.2) is 0 Å². The van der Waals surface area contributed by atoms with E-state index in [1.165, 1.54) is 5.56 Å². The summed E-state index contributed by atoms with van der Waals surface area (Å²) in [6, 6.07) is 8.62. The van der Waals surface area contributed by atoms with Crippen LogP contribution in [0.3, 0.4) is 0 Å². The predicted octanol–water partition coefficient (Wildman–Crippen LogP) is 2.39. The highest BCUT2D eigenvalue weighted by atomic mass is 16.3. The fourth-order valence-corrected chi connectivity index (χ4v) is 1.59. The van der Waals surface area contributed by atoms with Crippen LogP contribution < -0.4 is 10.2 Å². The van der Waals surface area contributed by atoms with Crippen LogP contribution in [-0.4, -0.2) is 30.3 Å². The van der Waals surface area contributed by atoms with Crippen molar-refractivity contribution >= 4 is 5.69 Å². The Balaban J connectivity index is 2.63. The number of likely N-dealkylation sites (N-methyl/N-ethyl adjacent to an activating group) is 1. The molecule has 0 spiro atoms. The van der Waals surface area contributed by atoms with Gasteiger partial charge in [-0.3, -0.25) is 0 Å². The summed E-state index contributed by atoms with van der Waals surface area (Å²) in [5.74, 6) is 0. The molecular weight excluding hydrogens is 224 g/mol. The molecule has 0 aromatic heterocycles. The van der Waals surface area contributed by atoms with Crippen LogP contribution in [0.25, 0.3) is 0 Å². The molecule has 3 nitrogen and oxygen atoms in total. The largest absolute Gasteiger partial charge is 0.394 e. The van der Waals surface area contributed by atoms with Crippen molar-refractivity contribution in [3.05, 3.63) is 29.8 Å². The van der Waals surface area contributed by atoms with E-state index in [9.17, 15) is 0 Å². The molecule has 0 saturated carbocycles. The zero-order valence-corrected chi connectivity index (χ0v) is 12.2. The molecule has 0 aliphatic carbocycles. The molecule has 0 aliphatic heterocycles. The van der Waals surface area contributed by atoms with Gasteiger partial charge in [0.25, 0.3) is 0 Å². The van der Waals surface area contributed by atoms with Gasteiger partial charge in [0, 0.05) is 30.9 Å². The van der Waals surface area contributed by atoms with Gasteiger partial charge >= 0.3 is 0 Å². The van der Waals surface area contributed by atoms with Crippen molar-refractivity contribution in [1.82, 2.24) is 5.32 Å². The smallest absolute Gasteiger partial charge is 0.0632 e. The number of rotatable bonds is 5. The third kappa shape index (κ3) is 4.67. The van der Waals surface area contributed by atoms with Gasteiger partial charge in [0.2, 0.25) is 0 Å². The van der Waals surface area contributed by atoms with Crippen LogP contribution in [0.4, 0.5) is 5.69 Å². The van der Waals surface area contributed by atoms with Gasteiger partial charge in [-0.05, 0) is 45.4 Å². The first-order valence-corrected chi connectivity index (χ1v) is 6.51. The lowest BCUT2D eigenvalue weighted by Crippen LogP contribution is -2.35. The first kappa shape index (κ1) is 15.0. The standard InChI is InChI=1S/C15H26N2O/c1-12(11-18)17(5)14-8-6-13(7-9-14)10-16-15(2,3)4/h6-9,12,16,18H,10-11H2,1-5H3. The number of hydrogen-bond donors (Lipinski definition) is 2. The third-order valence-electron chi connectivity index (χ3n) is 3.09. The summed E-state index contributed by atoms with van der Waals surface area (Å²) in [6.45, 7) is 9.55. The number of anilines is 1. The zero-order valence-electron chi connectivity index (χ0n) is 12.2. The number of hydrogen-bond acceptors (Lipinski definition) is 3. The summed E-state index contributed by atoms with van der Waals surface area (Å²) < 4.78 is 0. The molecule has 0 aliphatic rings. The number of aliphatic hydroxyl groups excluding tert-OH is 1. The molecule has 1 aromatic rings. The van der Waals surface area contributed by atoms with Crippen molar-refractivity contribution in [1.29, 1.82) is 0 Å². The molecule has 1 unspecified atom stereocenters. The first-order valence-electron chi connectivity index (χ1n) is 6.51. The minimum Gasteiger partial charge on any atom is -0.394 e. The Morgan fingerprint density at radius 2 is 1.78 bits per heavy atom. The summed E-state index contributed by atoms with van der Waals surface area (Å²) >= 11 is 0. The predicted molar refractivity (Wildman–Crippen MR) is 78.0 cm³/mol. The van der Waals surface area contributed by atoms with Crippen LogP contribution in [0.5, 0.6) is 0 Å². The van der Waals surface area contributed by atoms with E-state index in [4.69, 9.17) is 5.11 Å². The summed E-state index contributed by atoms with van der Waals surface area (Å²) in [6.07, 6.45) is 0. The molecule has 1 atom stereocenters. The highest BCUT2D eigenvalue weighted by molar-refractivity contribution is 5.47. The lowest BCUT2D eigenvalue weighted by atomic mass is 10.1. The second kappa shape index (κ2) is 6.21. The lowest BCUT2D eigenvalue weighted by molar-refractivity contribution is 0.270. The molecule has 0 heterocycles. The Labute approximate surface area is 111 Å². The maximum absolute atomic E-state index is 9.14. The van der Waals surface area contributed by atoms with Gasteiger partial charge in [-0.15, -0.1) is 0 Å². The number of nitrogens with zero attached hydrogens (tertiary/aromatic N) is 1. The van der Waals surface area contributed by atoms with Crippen LogP contribution in [0.1, 0.15) is 33.3 Å². The van der Waals surface area contributed by atoms with Gasteiger partial charge in [-0.1, -0.05) is 12.1 Å². The SMILES string of the molecule is CC(CO)N(C)c1ccc(CNC(C)(C)C)cc1. The normalized spacial score (nSPS) is 13.4. The van der Waals surface area contributed by atoms with Crippen LogP contribution in [0.15, 0.2) is 24.3 Å². The fourth-order valence-electron chi connectivity index (χ4n) is 1.59. The van der Waals surface area contributed by atoms with Crippen molar-refractivity contribution in [2.45, 2.75) is 45.8 Å². The maximum atomic E-state index is 9.14. The molecule has 0 radical (unpaired) electrons. The highest BCUT2D eigenvalue weighted by Crippen LogP contribution is 2.16. The van der Waals surface area contributed by atoms with Crippen LogP contribution in [-0.2, 0) is 6.54 Å². The molecule has 0 bridgehead atoms. The number of aliphatic hydroxyl groups is 1. The van der Waals surface area contributed by atoms with Gasteiger partial charge in [-0.2, -0.15) is 0 Å². The average Bonchev–Trinajstić information content (AvgIpc) is 2.34. The van der Waals surface area contributed by atoms with E-state index >= 15 is 0 Å². The van der Waals surface area contributed by atoms with Crippen molar-refractivity contribution in [2.24, 2.45) is 0 Å². The van der Waals surface area contributed by atoms with Crippen LogP contribution >= 0.6 is 0 Å². The summed E-state index contributed by atoms with van der Waals surface area (Å²) in [5.41, 5.74) is 2.55. The monoisotopic (exact) mass is 250 g/mol. The summed E-state index contributed by atoms with van der Waals surface area (Å²) in [4.78, 5) is 2.08. The van der Waals surface area contributed by atoms with E-state index in [0.29, 0.717) is 0 Å². The van der Waals surface area contributed by atoms with Gasteiger partial charge in [0.05, 0.1) is 6.61 Å². The maximum Gasteiger partial charge on any atom is 0.0632 e. The third-order valence-corrected chi connectivity index (χ3v) is 3.09. The van der Waals surface area contributed by atoms with Crippen molar-refractivity contribution in [3.8, 4) is 0 Å². The molecular formula is C15H26N2O. The summed E-state index contributed by atoms with van der Waals surface area (Å²) in [5, 5.41) is 12.6. The second-order valence-corrected chi connectivity index (χ2v) is 5.91. The Morgan fingerprint density at radius 3 is 2.22 bits per heavy atom. The molecule has 2 N–H and O–H groups in total. The second-order valence-electron chi connectivity index (χ2n) is 5.91. The van der Waals surface area contributed by atoms with E-state index in [1.807, 2.05) is 14.0 Å². The Morgan fingerprint density at radius 1 is 1.22 bits per heavy atom. The molecule has 1 rings (SSSR count). The quantitative estimate of drug-likeness (QED) is 0.842. The van der Waals surface area contributed by atoms with E-state index in [1.54, 1.807) is 0 Å². The van der Waals surface area contributed by atoms with Crippen molar-refractivity contribution in [3.63, 3.8) is 0 Å². The Kier molecular flexibility index (Phi) is 5.17. The molecule has 0 amide bonds. The van der Waals surface area contributed by atoms with Crippen molar-refractivity contribution in [2.75, 3.05) is 18.6 Å². The molecule has 3 heteroatoms. The van der Waals surface area contributed by atoms with E-state index in [-0.39, 0.29) is 18.2 Å². The van der Waals surface area contributed by atoms with E-state index < -0.39 is 0 Å². The minimum absolute atomic E-state index is 0.140. The average molecular weight is 250 g/mol. The number of nitrogens with one attached hydrogen (secondary N) is 1. The van der Waals surface area contributed by atoms with Gasteiger partial charge in [0.1, 0.15) is 0 Å². The fraction of sp³-hybridized carbons (Fsp3) is 0.600. The minimum atomic E-state index is 0.140. The van der Waals surface area contributed by atoms with Gasteiger partial charge in [-0.25, -0.2) is 0 Å². The Bertz CT molecular complexity index is 354. The number of benzene rings is 1. The molecule has 18 heavy (non-hydrogen) atoms. The Hall–Kier alpha value is -1.06. The molecule has 0 saturated heterocycles.